The first-order chi connectivity index (χ1) is 9.16. The Kier molecular flexibility index (Phi) is 2.67. The van der Waals surface area contributed by atoms with Crippen LogP contribution in [0.15, 0.2) is 41.6 Å². The molecule has 0 aliphatic rings. The van der Waals surface area contributed by atoms with E-state index in [9.17, 15) is 4.79 Å². The van der Waals surface area contributed by atoms with Gasteiger partial charge in [0.05, 0.1) is 5.39 Å². The van der Waals surface area contributed by atoms with E-state index in [0.29, 0.717) is 11.0 Å². The molecule has 1 N–H and O–H groups in total. The van der Waals surface area contributed by atoms with E-state index in [1.54, 1.807) is 23.3 Å². The van der Waals surface area contributed by atoms with Gasteiger partial charge in [-0.25, -0.2) is 4.98 Å². The molecule has 3 aromatic rings. The molecular formula is C14H14N4O. The highest BCUT2D eigenvalue weighted by atomic mass is 16.1. The fraction of sp³-hybridized carbons (Fsp3) is 0.214. The lowest BCUT2D eigenvalue weighted by Gasteiger charge is -2.07. The molecule has 0 fully saturated rings. The quantitative estimate of drug-likeness (QED) is 0.763. The molecule has 0 aliphatic carbocycles. The lowest BCUT2D eigenvalue weighted by atomic mass is 10.1. The first-order valence-electron chi connectivity index (χ1n) is 6.17. The molecule has 19 heavy (non-hydrogen) atoms. The van der Waals surface area contributed by atoms with Crippen LogP contribution in [0.25, 0.3) is 22.2 Å². The van der Waals surface area contributed by atoms with E-state index in [-0.39, 0.29) is 11.6 Å². The smallest absolute Gasteiger partial charge is 0.267 e. The zero-order chi connectivity index (χ0) is 13.4. The lowest BCUT2D eigenvalue weighted by molar-refractivity contribution is 0.542. The molecule has 96 valence electrons. The number of fused-ring (bicyclic) bond motifs is 1. The number of pyridine rings is 2. The van der Waals surface area contributed by atoms with E-state index < -0.39 is 0 Å². The largest absolute Gasteiger partial charge is 0.273 e. The molecule has 0 atom stereocenters. The molecule has 0 saturated carbocycles. The summed E-state index contributed by atoms with van der Waals surface area (Å²) >= 11 is 0. The van der Waals surface area contributed by atoms with E-state index >= 15 is 0 Å². The first kappa shape index (κ1) is 11.6. The van der Waals surface area contributed by atoms with Crippen molar-refractivity contribution in [3.05, 3.63) is 47.1 Å². The Bertz CT molecular complexity index is 771. The molecule has 3 heterocycles. The number of hydrogen-bond acceptors (Lipinski definition) is 3. The second kappa shape index (κ2) is 4.35. The van der Waals surface area contributed by atoms with Crippen molar-refractivity contribution in [1.29, 1.82) is 0 Å². The highest BCUT2D eigenvalue weighted by molar-refractivity contribution is 5.80. The summed E-state index contributed by atoms with van der Waals surface area (Å²) in [4.78, 5) is 20.4. The zero-order valence-corrected chi connectivity index (χ0v) is 10.8. The second-order valence-electron chi connectivity index (χ2n) is 4.74. The number of aromatic amines is 1. The minimum Gasteiger partial charge on any atom is -0.267 e. The van der Waals surface area contributed by atoms with Gasteiger partial charge in [0.2, 0.25) is 0 Å². The Labute approximate surface area is 109 Å². The Morgan fingerprint density at radius 3 is 2.63 bits per heavy atom. The molecule has 0 aliphatic heterocycles. The monoisotopic (exact) mass is 254 g/mol. The van der Waals surface area contributed by atoms with Gasteiger partial charge in [-0.05, 0) is 37.6 Å². The fourth-order valence-electron chi connectivity index (χ4n) is 2.12. The van der Waals surface area contributed by atoms with Crippen LogP contribution in [-0.2, 0) is 0 Å². The van der Waals surface area contributed by atoms with Crippen LogP contribution in [0.2, 0.25) is 0 Å². The molecule has 0 unspecified atom stereocenters. The minimum atomic E-state index is -0.105. The van der Waals surface area contributed by atoms with Crippen LogP contribution in [0, 0.1) is 0 Å². The van der Waals surface area contributed by atoms with Crippen LogP contribution >= 0.6 is 0 Å². The first-order valence-corrected chi connectivity index (χ1v) is 6.17. The molecule has 0 radical (unpaired) electrons. The zero-order valence-electron chi connectivity index (χ0n) is 10.8. The SMILES string of the molecule is CC(C)n1[nH]c(=O)c2cc(-c3ccncc3)cnc21. The molecule has 0 saturated heterocycles. The number of rotatable bonds is 2. The van der Waals surface area contributed by atoms with Gasteiger partial charge >= 0.3 is 0 Å². The third-order valence-electron chi connectivity index (χ3n) is 3.09. The molecule has 5 heteroatoms. The van der Waals surface area contributed by atoms with Gasteiger partial charge in [-0.2, -0.15) is 0 Å². The van der Waals surface area contributed by atoms with E-state index in [1.807, 2.05) is 32.0 Å². The average molecular weight is 254 g/mol. The van der Waals surface area contributed by atoms with Gasteiger partial charge in [0.25, 0.3) is 5.56 Å². The summed E-state index contributed by atoms with van der Waals surface area (Å²) in [5, 5.41) is 3.43. The topological polar surface area (TPSA) is 63.6 Å². The van der Waals surface area contributed by atoms with Gasteiger partial charge in [-0.1, -0.05) is 0 Å². The normalized spacial score (nSPS) is 11.3. The number of aromatic nitrogens is 4. The Morgan fingerprint density at radius 2 is 1.95 bits per heavy atom. The molecule has 0 bridgehead atoms. The molecule has 0 spiro atoms. The van der Waals surface area contributed by atoms with E-state index in [2.05, 4.69) is 15.1 Å². The van der Waals surface area contributed by atoms with Crippen molar-refractivity contribution in [3.8, 4) is 11.1 Å². The van der Waals surface area contributed by atoms with Crippen molar-refractivity contribution in [2.24, 2.45) is 0 Å². The third-order valence-corrected chi connectivity index (χ3v) is 3.09. The Hall–Kier alpha value is -2.43. The second-order valence-corrected chi connectivity index (χ2v) is 4.74. The van der Waals surface area contributed by atoms with Gasteiger partial charge in [0.15, 0.2) is 5.65 Å². The lowest BCUT2D eigenvalue weighted by Crippen LogP contribution is -2.07. The van der Waals surface area contributed by atoms with Crippen molar-refractivity contribution in [1.82, 2.24) is 19.7 Å². The molecular weight excluding hydrogens is 240 g/mol. The summed E-state index contributed by atoms with van der Waals surface area (Å²) < 4.78 is 1.79. The van der Waals surface area contributed by atoms with Gasteiger partial charge in [0.1, 0.15) is 0 Å². The number of nitrogens with zero attached hydrogens (tertiary/aromatic N) is 3. The maximum atomic E-state index is 12.0. The van der Waals surface area contributed by atoms with Crippen LogP contribution < -0.4 is 5.56 Å². The summed E-state index contributed by atoms with van der Waals surface area (Å²) in [6.07, 6.45) is 5.23. The van der Waals surface area contributed by atoms with Crippen LogP contribution in [0.3, 0.4) is 0 Å². The van der Waals surface area contributed by atoms with Crippen molar-refractivity contribution in [2.45, 2.75) is 19.9 Å². The number of nitrogens with one attached hydrogen (secondary N) is 1. The van der Waals surface area contributed by atoms with Crippen molar-refractivity contribution in [2.75, 3.05) is 0 Å². The van der Waals surface area contributed by atoms with E-state index in [1.165, 1.54) is 0 Å². The van der Waals surface area contributed by atoms with E-state index in [0.717, 1.165) is 11.1 Å². The third kappa shape index (κ3) is 1.93. The molecule has 5 nitrogen and oxygen atoms in total. The standard InChI is InChI=1S/C14H14N4O/c1-9(2)18-13-12(14(19)17-18)7-11(8-16-13)10-3-5-15-6-4-10/h3-9H,1-2H3,(H,17,19). The molecule has 0 amide bonds. The van der Waals surface area contributed by atoms with Gasteiger partial charge in [0, 0.05) is 30.2 Å². The van der Waals surface area contributed by atoms with Crippen LogP contribution in [-0.4, -0.2) is 19.7 Å². The van der Waals surface area contributed by atoms with Crippen LogP contribution in [0.1, 0.15) is 19.9 Å². The maximum Gasteiger partial charge on any atom is 0.273 e. The Morgan fingerprint density at radius 1 is 1.21 bits per heavy atom. The van der Waals surface area contributed by atoms with Gasteiger partial charge in [-0.3, -0.25) is 19.6 Å². The summed E-state index contributed by atoms with van der Waals surface area (Å²) in [7, 11) is 0. The van der Waals surface area contributed by atoms with Crippen LogP contribution in [0.4, 0.5) is 0 Å². The van der Waals surface area contributed by atoms with Crippen LogP contribution in [0.5, 0.6) is 0 Å². The average Bonchev–Trinajstić information content (AvgIpc) is 2.77. The van der Waals surface area contributed by atoms with Crippen molar-refractivity contribution >= 4 is 11.0 Å². The summed E-state index contributed by atoms with van der Waals surface area (Å²) in [6.45, 7) is 4.02. The van der Waals surface area contributed by atoms with Gasteiger partial charge in [-0.15, -0.1) is 0 Å². The summed E-state index contributed by atoms with van der Waals surface area (Å²) in [5.74, 6) is 0. The Balaban J connectivity index is 2.23. The molecule has 0 aromatic carbocycles. The van der Waals surface area contributed by atoms with E-state index in [4.69, 9.17) is 0 Å². The van der Waals surface area contributed by atoms with Crippen molar-refractivity contribution < 1.29 is 0 Å². The summed E-state index contributed by atoms with van der Waals surface area (Å²) in [6, 6.07) is 5.84. The summed E-state index contributed by atoms with van der Waals surface area (Å²) in [5.41, 5.74) is 2.51. The molecule has 3 rings (SSSR count). The highest BCUT2D eigenvalue weighted by Crippen LogP contribution is 2.21. The number of hydrogen-bond donors (Lipinski definition) is 1. The maximum absolute atomic E-state index is 12.0. The minimum absolute atomic E-state index is 0.105. The highest BCUT2D eigenvalue weighted by Gasteiger charge is 2.11. The van der Waals surface area contributed by atoms with Crippen molar-refractivity contribution in [3.63, 3.8) is 0 Å². The predicted molar refractivity (Wildman–Crippen MR) is 74.0 cm³/mol. The van der Waals surface area contributed by atoms with Gasteiger partial charge < -0.3 is 0 Å². The predicted octanol–water partition coefficient (Wildman–Crippen LogP) is 2.37. The molecule has 3 aromatic heterocycles. The number of H-pyrrole nitrogens is 1. The fourth-order valence-corrected chi connectivity index (χ4v) is 2.12.